The Labute approximate surface area is 257 Å². The van der Waals surface area contributed by atoms with Gasteiger partial charge in [-0.1, -0.05) is 48.0 Å². The molecule has 44 heavy (non-hydrogen) atoms. The highest BCUT2D eigenvalue weighted by atomic mass is 32.2. The maximum atomic E-state index is 13.5. The van der Waals surface area contributed by atoms with Gasteiger partial charge < -0.3 is 14.8 Å². The second-order valence-corrected chi connectivity index (χ2v) is 11.7. The van der Waals surface area contributed by atoms with Gasteiger partial charge in [-0.25, -0.2) is 13.8 Å². The predicted molar refractivity (Wildman–Crippen MR) is 169 cm³/mol. The Balaban J connectivity index is 1.33. The van der Waals surface area contributed by atoms with Crippen molar-refractivity contribution >= 4 is 33.7 Å². The molecule has 228 valence electrons. The van der Waals surface area contributed by atoms with Gasteiger partial charge >= 0.3 is 0 Å². The average molecular weight is 615 g/mol. The molecule has 0 heterocycles. The lowest BCUT2D eigenvalue weighted by atomic mass is 10.1. The van der Waals surface area contributed by atoms with E-state index in [9.17, 15) is 18.0 Å². The predicted octanol–water partition coefficient (Wildman–Crippen LogP) is 4.61. The first-order valence-corrected chi connectivity index (χ1v) is 15.2. The number of benzene rings is 4. The lowest BCUT2D eigenvalue weighted by Gasteiger charge is -2.24. The topological polar surface area (TPSA) is 126 Å². The van der Waals surface area contributed by atoms with Crippen molar-refractivity contribution < 1.29 is 27.5 Å². The number of nitrogens with zero attached hydrogens (tertiary/aromatic N) is 2. The van der Waals surface area contributed by atoms with E-state index in [2.05, 4.69) is 15.8 Å². The van der Waals surface area contributed by atoms with Crippen molar-refractivity contribution in [3.05, 3.63) is 120 Å². The zero-order valence-electron chi connectivity index (χ0n) is 24.6. The van der Waals surface area contributed by atoms with Crippen molar-refractivity contribution in [2.45, 2.75) is 24.8 Å². The number of sulfonamides is 1. The number of anilines is 1. The minimum atomic E-state index is -4.08. The number of nitrogens with one attached hydrogen (secondary N) is 2. The standard InChI is InChI=1S/C33H34N4O6S/c1-24-9-13-28(14-10-24)37(44(40,41)31-19-17-29(42-3)18-20-31)22-32(38)36-34-21-26-11-15-30(16-12-26)43-23-33(39)35-25(2)27-7-5-4-6-8-27/h4-21,25H,22-23H2,1-3H3,(H,35,39)(H,36,38)/b34-21-/t25-/m1/s1. The number of carbonyl (C=O) groups is 2. The van der Waals surface area contributed by atoms with Crippen LogP contribution in [0.2, 0.25) is 0 Å². The van der Waals surface area contributed by atoms with Crippen LogP contribution in [-0.2, 0) is 19.6 Å². The second kappa shape index (κ2) is 14.8. The summed E-state index contributed by atoms with van der Waals surface area (Å²) in [7, 11) is -2.59. The van der Waals surface area contributed by atoms with Crippen molar-refractivity contribution in [1.82, 2.24) is 10.7 Å². The van der Waals surface area contributed by atoms with Crippen LogP contribution in [0.3, 0.4) is 0 Å². The third-order valence-electron chi connectivity index (χ3n) is 6.59. The maximum absolute atomic E-state index is 13.5. The molecule has 2 N–H and O–H groups in total. The molecule has 0 aliphatic heterocycles. The first-order chi connectivity index (χ1) is 21.2. The molecule has 4 aromatic carbocycles. The number of ether oxygens (including phenoxy) is 2. The summed E-state index contributed by atoms with van der Waals surface area (Å²) in [5.41, 5.74) is 5.33. The number of carbonyl (C=O) groups excluding carboxylic acids is 2. The Morgan fingerprint density at radius 2 is 1.50 bits per heavy atom. The van der Waals surface area contributed by atoms with E-state index in [0.717, 1.165) is 15.4 Å². The van der Waals surface area contributed by atoms with E-state index < -0.39 is 22.5 Å². The summed E-state index contributed by atoms with van der Waals surface area (Å²) in [4.78, 5) is 25.1. The van der Waals surface area contributed by atoms with E-state index in [1.54, 1.807) is 60.7 Å². The highest BCUT2D eigenvalue weighted by Gasteiger charge is 2.27. The second-order valence-electron chi connectivity index (χ2n) is 9.87. The number of amides is 2. The van der Waals surface area contributed by atoms with Gasteiger partial charge in [-0.05, 0) is 85.6 Å². The summed E-state index contributed by atoms with van der Waals surface area (Å²) in [6.07, 6.45) is 1.42. The number of aryl methyl sites for hydroxylation is 1. The Hall–Kier alpha value is -5.16. The van der Waals surface area contributed by atoms with Gasteiger partial charge in [0.1, 0.15) is 18.0 Å². The van der Waals surface area contributed by atoms with E-state index in [0.29, 0.717) is 22.7 Å². The van der Waals surface area contributed by atoms with Crippen molar-refractivity contribution in [3.63, 3.8) is 0 Å². The molecule has 10 nitrogen and oxygen atoms in total. The fourth-order valence-electron chi connectivity index (χ4n) is 4.15. The lowest BCUT2D eigenvalue weighted by molar-refractivity contribution is -0.123. The molecule has 0 aliphatic carbocycles. The highest BCUT2D eigenvalue weighted by molar-refractivity contribution is 7.92. The van der Waals surface area contributed by atoms with Crippen molar-refractivity contribution in [2.75, 3.05) is 24.6 Å². The first kappa shape index (κ1) is 31.8. The number of hydrogen-bond donors (Lipinski definition) is 2. The summed E-state index contributed by atoms with van der Waals surface area (Å²) in [5.74, 6) is 0.126. The van der Waals surface area contributed by atoms with E-state index in [-0.39, 0.29) is 23.5 Å². The number of methoxy groups -OCH3 is 1. The third-order valence-corrected chi connectivity index (χ3v) is 8.37. The summed E-state index contributed by atoms with van der Waals surface area (Å²) < 4.78 is 38.8. The fraction of sp³-hybridized carbons (Fsp3) is 0.182. The van der Waals surface area contributed by atoms with E-state index in [1.807, 2.05) is 44.2 Å². The highest BCUT2D eigenvalue weighted by Crippen LogP contribution is 2.25. The SMILES string of the molecule is COc1ccc(S(=O)(=O)N(CC(=O)N/N=C\c2ccc(OCC(=O)N[C@H](C)c3ccccc3)cc2)c2ccc(C)cc2)cc1. The van der Waals surface area contributed by atoms with Gasteiger partial charge in [-0.2, -0.15) is 5.10 Å². The van der Waals surface area contributed by atoms with Crippen molar-refractivity contribution in [2.24, 2.45) is 5.10 Å². The molecule has 0 spiro atoms. The van der Waals surface area contributed by atoms with E-state index in [1.165, 1.54) is 25.5 Å². The zero-order valence-corrected chi connectivity index (χ0v) is 25.5. The van der Waals surface area contributed by atoms with Crippen LogP contribution in [0.15, 0.2) is 113 Å². The van der Waals surface area contributed by atoms with Gasteiger partial charge in [0, 0.05) is 0 Å². The molecular formula is C33H34N4O6S. The normalized spacial score (nSPS) is 11.9. The van der Waals surface area contributed by atoms with Crippen LogP contribution in [0, 0.1) is 6.92 Å². The summed E-state index contributed by atoms with van der Waals surface area (Å²) in [6, 6.07) is 29.0. The van der Waals surface area contributed by atoms with Crippen LogP contribution >= 0.6 is 0 Å². The van der Waals surface area contributed by atoms with Gasteiger partial charge in [0.05, 0.1) is 29.9 Å². The van der Waals surface area contributed by atoms with E-state index >= 15 is 0 Å². The molecule has 0 saturated carbocycles. The minimum Gasteiger partial charge on any atom is -0.497 e. The molecule has 4 rings (SSSR count). The van der Waals surface area contributed by atoms with Crippen LogP contribution in [-0.4, -0.2) is 46.7 Å². The Kier molecular flexibility index (Phi) is 10.7. The molecule has 2 amide bonds. The smallest absolute Gasteiger partial charge is 0.264 e. The molecule has 0 saturated heterocycles. The molecule has 4 aromatic rings. The molecule has 0 bridgehead atoms. The summed E-state index contributed by atoms with van der Waals surface area (Å²) in [6.45, 7) is 3.15. The van der Waals surface area contributed by atoms with E-state index in [4.69, 9.17) is 9.47 Å². The van der Waals surface area contributed by atoms with Gasteiger partial charge in [0.25, 0.3) is 21.8 Å². The molecule has 11 heteroatoms. The lowest BCUT2D eigenvalue weighted by Crippen LogP contribution is -2.39. The fourth-order valence-corrected chi connectivity index (χ4v) is 5.57. The minimum absolute atomic E-state index is 0.0145. The molecule has 1 atom stereocenters. The van der Waals surface area contributed by atoms with Crippen LogP contribution in [0.4, 0.5) is 5.69 Å². The van der Waals surface area contributed by atoms with Gasteiger partial charge in [0.15, 0.2) is 6.61 Å². The maximum Gasteiger partial charge on any atom is 0.264 e. The van der Waals surface area contributed by atoms with Gasteiger partial charge in [-0.3, -0.25) is 13.9 Å². The number of hydrazone groups is 1. The quantitative estimate of drug-likeness (QED) is 0.167. The molecule has 0 aromatic heterocycles. The molecule has 0 unspecified atom stereocenters. The first-order valence-electron chi connectivity index (χ1n) is 13.8. The summed E-state index contributed by atoms with van der Waals surface area (Å²) in [5, 5.41) is 6.87. The van der Waals surface area contributed by atoms with Crippen LogP contribution in [0.1, 0.15) is 29.7 Å². The Morgan fingerprint density at radius 3 is 2.14 bits per heavy atom. The van der Waals surface area contributed by atoms with Gasteiger partial charge in [0.2, 0.25) is 0 Å². The average Bonchev–Trinajstić information content (AvgIpc) is 3.04. The summed E-state index contributed by atoms with van der Waals surface area (Å²) >= 11 is 0. The number of hydrogen-bond acceptors (Lipinski definition) is 7. The Morgan fingerprint density at radius 1 is 0.864 bits per heavy atom. The third kappa shape index (κ3) is 8.68. The molecule has 0 aliphatic rings. The van der Waals surface area contributed by atoms with Crippen LogP contribution < -0.4 is 24.5 Å². The van der Waals surface area contributed by atoms with Gasteiger partial charge in [-0.15, -0.1) is 0 Å². The van der Waals surface area contributed by atoms with Crippen molar-refractivity contribution in [1.29, 1.82) is 0 Å². The molecule has 0 fully saturated rings. The largest absolute Gasteiger partial charge is 0.497 e. The van der Waals surface area contributed by atoms with Crippen LogP contribution in [0.5, 0.6) is 11.5 Å². The van der Waals surface area contributed by atoms with Crippen molar-refractivity contribution in [3.8, 4) is 11.5 Å². The monoisotopic (exact) mass is 614 g/mol. The molecular weight excluding hydrogens is 580 g/mol. The number of rotatable bonds is 13. The zero-order chi connectivity index (χ0) is 31.5. The Bertz CT molecular complexity index is 1680. The van der Waals surface area contributed by atoms with Crippen LogP contribution in [0.25, 0.3) is 0 Å². The molecule has 0 radical (unpaired) electrons.